The van der Waals surface area contributed by atoms with E-state index in [9.17, 15) is 9.59 Å². The molecule has 2 heterocycles. The van der Waals surface area contributed by atoms with Crippen LogP contribution in [0.4, 0.5) is 11.8 Å². The maximum atomic E-state index is 14.0. The number of benzene rings is 2. The number of pyridine rings is 1. The Labute approximate surface area is 255 Å². The summed E-state index contributed by atoms with van der Waals surface area (Å²) in [6.07, 6.45) is 6.62. The van der Waals surface area contributed by atoms with Crippen molar-refractivity contribution in [1.29, 1.82) is 0 Å². The number of ether oxygens (including phenoxy) is 3. The molecule has 2 aromatic heterocycles. The van der Waals surface area contributed by atoms with Gasteiger partial charge >= 0.3 is 5.97 Å². The molecule has 0 bridgehead atoms. The lowest BCUT2D eigenvalue weighted by atomic mass is 9.90. The zero-order chi connectivity index (χ0) is 31.4. The molecule has 0 spiro atoms. The van der Waals surface area contributed by atoms with Gasteiger partial charge < -0.3 is 36.0 Å². The lowest BCUT2D eigenvalue weighted by Gasteiger charge is -2.30. The van der Waals surface area contributed by atoms with Crippen molar-refractivity contribution in [2.24, 2.45) is 5.73 Å². The smallest absolute Gasteiger partial charge is 0.343 e. The van der Waals surface area contributed by atoms with E-state index in [0.29, 0.717) is 44.7 Å². The van der Waals surface area contributed by atoms with Crippen LogP contribution < -0.4 is 32.1 Å². The second kappa shape index (κ2) is 13.1. The molecule has 6 N–H and O–H groups in total. The van der Waals surface area contributed by atoms with Crippen molar-refractivity contribution in [2.45, 2.75) is 51.1 Å². The van der Waals surface area contributed by atoms with E-state index >= 15 is 0 Å². The van der Waals surface area contributed by atoms with E-state index in [1.165, 1.54) is 0 Å². The largest absolute Gasteiger partial charge is 0.493 e. The number of nitrogens with two attached hydrogens (primary N) is 3. The molecule has 4 aromatic rings. The summed E-state index contributed by atoms with van der Waals surface area (Å²) in [5.41, 5.74) is 20.8. The summed E-state index contributed by atoms with van der Waals surface area (Å²) in [7, 11) is 3.13. The van der Waals surface area contributed by atoms with Gasteiger partial charge in [0.25, 0.3) is 0 Å². The monoisotopic (exact) mass is 596 g/mol. The zero-order valence-electron chi connectivity index (χ0n) is 25.1. The van der Waals surface area contributed by atoms with E-state index in [-0.39, 0.29) is 42.4 Å². The molecule has 228 valence electrons. The molecular weight excluding hydrogens is 560 g/mol. The number of aromatic nitrogens is 3. The van der Waals surface area contributed by atoms with Gasteiger partial charge in [-0.15, -0.1) is 0 Å². The van der Waals surface area contributed by atoms with Crippen LogP contribution in [-0.2, 0) is 11.2 Å². The number of methoxy groups -OCH3 is 2. The number of hydrogen-bond donors (Lipinski definition) is 3. The summed E-state index contributed by atoms with van der Waals surface area (Å²) in [5, 5.41) is 0.381. The first-order chi connectivity index (χ1) is 21.2. The average Bonchev–Trinajstić information content (AvgIpc) is 3.01. The van der Waals surface area contributed by atoms with Crippen molar-refractivity contribution < 1.29 is 19.0 Å². The number of carbonyl (C=O) groups excluding carboxylic acids is 1. The molecule has 0 aliphatic heterocycles. The summed E-state index contributed by atoms with van der Waals surface area (Å²) in [6.45, 7) is 1.85. The van der Waals surface area contributed by atoms with Gasteiger partial charge in [-0.3, -0.25) is 4.79 Å². The van der Waals surface area contributed by atoms with Crippen molar-refractivity contribution >= 4 is 28.6 Å². The van der Waals surface area contributed by atoms with Gasteiger partial charge in [-0.05, 0) is 62.4 Å². The lowest BCUT2D eigenvalue weighted by molar-refractivity contribution is 0.0524. The maximum Gasteiger partial charge on any atom is 0.343 e. The molecule has 0 saturated heterocycles. The van der Waals surface area contributed by atoms with Crippen molar-refractivity contribution in [3.8, 4) is 23.3 Å². The molecule has 1 aliphatic rings. The van der Waals surface area contributed by atoms with Gasteiger partial charge in [0.1, 0.15) is 11.4 Å². The fourth-order valence-corrected chi connectivity index (χ4v) is 5.70. The van der Waals surface area contributed by atoms with Gasteiger partial charge in [0.2, 0.25) is 11.4 Å². The molecule has 11 nitrogen and oxygen atoms in total. The molecule has 0 radical (unpaired) electrons. The van der Waals surface area contributed by atoms with Crippen LogP contribution in [0.2, 0.25) is 0 Å². The normalized spacial score (nSPS) is 16.2. The van der Waals surface area contributed by atoms with Crippen LogP contribution in [-0.4, -0.2) is 47.4 Å². The Kier molecular flexibility index (Phi) is 9.01. The Hall–Kier alpha value is -5.08. The lowest BCUT2D eigenvalue weighted by Crippen LogP contribution is -2.30. The topological polar surface area (TPSA) is 171 Å². The van der Waals surface area contributed by atoms with Crippen molar-refractivity contribution in [3.63, 3.8) is 0 Å². The minimum Gasteiger partial charge on any atom is -0.493 e. The fourth-order valence-electron chi connectivity index (χ4n) is 5.70. The van der Waals surface area contributed by atoms with Crippen molar-refractivity contribution in [2.75, 3.05) is 32.3 Å². The van der Waals surface area contributed by atoms with Gasteiger partial charge in [0.05, 0.1) is 37.3 Å². The number of rotatable bonds is 7. The molecule has 44 heavy (non-hydrogen) atoms. The van der Waals surface area contributed by atoms with Crippen LogP contribution >= 0.6 is 0 Å². The second-order valence-electron chi connectivity index (χ2n) is 10.7. The Morgan fingerprint density at radius 3 is 2.52 bits per heavy atom. The van der Waals surface area contributed by atoms with E-state index in [0.717, 1.165) is 25.7 Å². The van der Waals surface area contributed by atoms with E-state index in [4.69, 9.17) is 31.4 Å². The highest BCUT2D eigenvalue weighted by atomic mass is 16.5. The number of anilines is 2. The summed E-state index contributed by atoms with van der Waals surface area (Å²) >= 11 is 0. The van der Waals surface area contributed by atoms with Crippen LogP contribution in [0.25, 0.3) is 10.9 Å². The minimum atomic E-state index is -0.670. The highest BCUT2D eigenvalue weighted by Crippen LogP contribution is 2.33. The number of esters is 1. The first-order valence-corrected chi connectivity index (χ1v) is 14.5. The van der Waals surface area contributed by atoms with E-state index in [1.807, 2.05) is 28.8 Å². The van der Waals surface area contributed by atoms with Gasteiger partial charge in [-0.2, -0.15) is 4.98 Å². The second-order valence-corrected chi connectivity index (χ2v) is 10.7. The molecule has 5 rings (SSSR count). The Morgan fingerprint density at radius 1 is 1.07 bits per heavy atom. The fraction of sp³-hybridized carbons (Fsp3) is 0.333. The number of hydrogen-bond acceptors (Lipinski definition) is 10. The minimum absolute atomic E-state index is 0.0190. The van der Waals surface area contributed by atoms with Gasteiger partial charge in [0, 0.05) is 42.0 Å². The molecule has 1 aliphatic carbocycles. The molecule has 0 unspecified atom stereocenters. The van der Waals surface area contributed by atoms with E-state index in [1.54, 1.807) is 39.6 Å². The molecule has 0 atom stereocenters. The highest BCUT2D eigenvalue weighted by Gasteiger charge is 2.26. The molecule has 11 heteroatoms. The first-order valence-electron chi connectivity index (χ1n) is 14.5. The molecule has 2 aromatic carbocycles. The quantitative estimate of drug-likeness (QED) is 0.212. The predicted molar refractivity (Wildman–Crippen MR) is 169 cm³/mol. The third-order valence-corrected chi connectivity index (χ3v) is 7.89. The maximum absolute atomic E-state index is 14.0. The van der Waals surface area contributed by atoms with Gasteiger partial charge in [-0.25, -0.2) is 9.78 Å². The van der Waals surface area contributed by atoms with Crippen molar-refractivity contribution in [3.05, 3.63) is 80.8 Å². The van der Waals surface area contributed by atoms with Crippen LogP contribution in [0.1, 0.15) is 71.3 Å². The number of fused-ring (bicyclic) bond motifs is 1. The molecular formula is C33H36N6O5. The third kappa shape index (κ3) is 6.16. The standard InChI is InChI=1S/C33H36N6O5/c1-4-44-32(41)25-18-39(24-12-10-23(34)11-13-24)26-15-19(8-9-20-6-5-7-27(42-2)30(20)43-3)14-21(28(26)29(25)40)16-22-17-37-33(36)38-31(22)35/h5-7,14-15,17-18,23-24H,4,10-13,16,34H2,1-3H3,(H4,35,36,37,38)/t23-,24-. The van der Waals surface area contributed by atoms with E-state index in [2.05, 4.69) is 21.8 Å². The number of nitrogen functional groups attached to an aromatic ring is 2. The van der Waals surface area contributed by atoms with Gasteiger partial charge in [-0.1, -0.05) is 17.9 Å². The van der Waals surface area contributed by atoms with Crippen LogP contribution in [0.5, 0.6) is 11.5 Å². The predicted octanol–water partition coefficient (Wildman–Crippen LogP) is 3.58. The Bertz CT molecular complexity index is 1830. The van der Waals surface area contributed by atoms with Crippen LogP contribution in [0.15, 0.2) is 47.5 Å². The molecule has 1 saturated carbocycles. The Morgan fingerprint density at radius 2 is 1.84 bits per heavy atom. The van der Waals surface area contributed by atoms with Crippen molar-refractivity contribution in [1.82, 2.24) is 14.5 Å². The molecule has 1 fully saturated rings. The highest BCUT2D eigenvalue weighted by molar-refractivity contribution is 5.95. The third-order valence-electron chi connectivity index (χ3n) is 7.89. The van der Waals surface area contributed by atoms with E-state index < -0.39 is 11.4 Å². The van der Waals surface area contributed by atoms with Crippen LogP contribution in [0, 0.1) is 11.8 Å². The number of carbonyl (C=O) groups is 1. The van der Waals surface area contributed by atoms with Gasteiger partial charge in [0.15, 0.2) is 11.5 Å². The van der Waals surface area contributed by atoms with Crippen LogP contribution in [0.3, 0.4) is 0 Å². The summed E-state index contributed by atoms with van der Waals surface area (Å²) in [6, 6.07) is 9.32. The summed E-state index contributed by atoms with van der Waals surface area (Å²) in [4.78, 5) is 35.3. The molecule has 0 amide bonds. The SMILES string of the molecule is CCOC(=O)c1cn([C@H]2CC[C@H](N)CC2)c2cc(C#Cc3cccc(OC)c3OC)cc(Cc3cnc(N)nc3N)c2c1=O. The number of para-hydroxylation sites is 1. The summed E-state index contributed by atoms with van der Waals surface area (Å²) in [5.74, 6) is 7.10. The zero-order valence-corrected chi connectivity index (χ0v) is 25.1. The first kappa shape index (κ1) is 30.4. The summed E-state index contributed by atoms with van der Waals surface area (Å²) < 4.78 is 18.3. The Balaban J connectivity index is 1.78. The number of nitrogens with zero attached hydrogens (tertiary/aromatic N) is 3. The average molecular weight is 597 g/mol.